The number of hydrogen-bond acceptors (Lipinski definition) is 4. The molecule has 20 heavy (non-hydrogen) atoms. The average molecular weight is 276 g/mol. The molecule has 2 unspecified atom stereocenters. The van der Waals surface area contributed by atoms with Crippen molar-refractivity contribution in [1.82, 2.24) is 9.80 Å². The molecule has 4 heteroatoms. The fraction of sp³-hybridized carbons (Fsp3) is 0.500. The second kappa shape index (κ2) is 5.85. The van der Waals surface area contributed by atoms with Gasteiger partial charge in [0.25, 0.3) is 0 Å². The molecule has 0 radical (unpaired) electrons. The first-order valence-corrected chi connectivity index (χ1v) is 6.89. The zero-order chi connectivity index (χ0) is 14.8. The van der Waals surface area contributed by atoms with Gasteiger partial charge in [0.15, 0.2) is 0 Å². The summed E-state index contributed by atoms with van der Waals surface area (Å²) in [5, 5.41) is 0. The maximum Gasteiger partial charge on any atom is 0.219 e. The van der Waals surface area contributed by atoms with Gasteiger partial charge in [-0.1, -0.05) is 30.3 Å². The van der Waals surface area contributed by atoms with Crippen LogP contribution >= 0.6 is 0 Å². The van der Waals surface area contributed by atoms with Crippen LogP contribution in [0.1, 0.15) is 12.5 Å². The van der Waals surface area contributed by atoms with E-state index in [0.29, 0.717) is 6.61 Å². The van der Waals surface area contributed by atoms with Gasteiger partial charge >= 0.3 is 0 Å². The van der Waals surface area contributed by atoms with Crippen molar-refractivity contribution in [3.8, 4) is 0 Å². The Morgan fingerprint density at radius 3 is 2.20 bits per heavy atom. The molecule has 0 bridgehead atoms. The van der Waals surface area contributed by atoms with Crippen molar-refractivity contribution < 1.29 is 9.47 Å². The lowest BCUT2D eigenvalue weighted by molar-refractivity contribution is -0.136. The maximum absolute atomic E-state index is 6.11. The highest BCUT2D eigenvalue weighted by Crippen LogP contribution is 2.36. The Hall–Kier alpha value is -1.52. The van der Waals surface area contributed by atoms with E-state index in [-0.39, 0.29) is 6.10 Å². The number of ether oxygens (including phenoxy) is 2. The van der Waals surface area contributed by atoms with Crippen molar-refractivity contribution in [3.05, 3.63) is 47.8 Å². The number of hydrogen-bond donors (Lipinski definition) is 0. The van der Waals surface area contributed by atoms with Gasteiger partial charge in [-0.3, -0.25) is 0 Å². The van der Waals surface area contributed by atoms with Gasteiger partial charge in [0.2, 0.25) is 5.79 Å². The second-order valence-electron chi connectivity index (χ2n) is 5.56. The molecule has 2 rings (SSSR count). The van der Waals surface area contributed by atoms with Gasteiger partial charge in [0.1, 0.15) is 5.82 Å². The van der Waals surface area contributed by atoms with E-state index < -0.39 is 5.79 Å². The topological polar surface area (TPSA) is 24.9 Å². The van der Waals surface area contributed by atoms with E-state index >= 15 is 0 Å². The summed E-state index contributed by atoms with van der Waals surface area (Å²) in [7, 11) is 8.07. The Morgan fingerprint density at radius 1 is 1.15 bits per heavy atom. The summed E-state index contributed by atoms with van der Waals surface area (Å²) in [5.41, 5.74) is 1.02. The fourth-order valence-electron chi connectivity index (χ4n) is 2.42. The molecule has 1 heterocycles. The van der Waals surface area contributed by atoms with Crippen LogP contribution in [0.3, 0.4) is 0 Å². The van der Waals surface area contributed by atoms with E-state index in [1.54, 1.807) is 0 Å². The van der Waals surface area contributed by atoms with E-state index in [2.05, 4.69) is 9.80 Å². The van der Waals surface area contributed by atoms with Crippen LogP contribution in [0.2, 0.25) is 0 Å². The van der Waals surface area contributed by atoms with Crippen molar-refractivity contribution in [2.24, 2.45) is 0 Å². The van der Waals surface area contributed by atoms with Crippen molar-refractivity contribution in [2.75, 3.05) is 34.8 Å². The maximum atomic E-state index is 6.11. The molecule has 0 aromatic heterocycles. The Morgan fingerprint density at radius 2 is 1.75 bits per heavy atom. The van der Waals surface area contributed by atoms with E-state index in [4.69, 9.17) is 9.47 Å². The molecule has 0 spiro atoms. The minimum atomic E-state index is -0.801. The highest BCUT2D eigenvalue weighted by atomic mass is 16.7. The number of rotatable bonds is 4. The quantitative estimate of drug-likeness (QED) is 0.842. The lowest BCUT2D eigenvalue weighted by atomic mass is 10.1. The molecule has 0 saturated carbocycles. The van der Waals surface area contributed by atoms with Gasteiger partial charge < -0.3 is 19.3 Å². The van der Waals surface area contributed by atoms with Crippen LogP contribution in [0.5, 0.6) is 0 Å². The molecule has 1 aliphatic rings. The lowest BCUT2D eigenvalue weighted by Crippen LogP contribution is -2.32. The van der Waals surface area contributed by atoms with Crippen LogP contribution in [0.4, 0.5) is 0 Å². The Balaban J connectivity index is 2.46. The van der Waals surface area contributed by atoms with E-state index in [1.165, 1.54) is 0 Å². The smallest absolute Gasteiger partial charge is 0.219 e. The summed E-state index contributed by atoms with van der Waals surface area (Å²) >= 11 is 0. The van der Waals surface area contributed by atoms with Crippen molar-refractivity contribution in [1.29, 1.82) is 0 Å². The third-order valence-electron chi connectivity index (χ3n) is 3.32. The molecular formula is C16H24N2O2. The zero-order valence-electron chi connectivity index (χ0n) is 13.0. The molecule has 1 fully saturated rings. The molecule has 1 aliphatic heterocycles. The van der Waals surface area contributed by atoms with Crippen molar-refractivity contribution in [3.63, 3.8) is 0 Å². The lowest BCUT2D eigenvalue weighted by Gasteiger charge is -2.31. The van der Waals surface area contributed by atoms with Crippen LogP contribution in [0.15, 0.2) is 42.2 Å². The molecule has 0 aliphatic carbocycles. The van der Waals surface area contributed by atoms with Gasteiger partial charge in [-0.2, -0.15) is 0 Å². The number of nitrogens with zero attached hydrogens (tertiary/aromatic N) is 2. The van der Waals surface area contributed by atoms with Gasteiger partial charge in [-0.15, -0.1) is 0 Å². The van der Waals surface area contributed by atoms with Crippen molar-refractivity contribution in [2.45, 2.75) is 18.8 Å². The van der Waals surface area contributed by atoms with Crippen LogP contribution in [0, 0.1) is 0 Å². The third kappa shape index (κ3) is 2.97. The standard InChI is InChI=1S/C16H24N2O2/c1-13-12-19-16(20-13,14-9-7-6-8-10-14)11-15(17(2)3)18(4)5/h6-11,13H,12H2,1-5H3. The predicted molar refractivity (Wildman–Crippen MR) is 80.1 cm³/mol. The summed E-state index contributed by atoms with van der Waals surface area (Å²) in [4.78, 5) is 4.11. The fourth-order valence-corrected chi connectivity index (χ4v) is 2.42. The average Bonchev–Trinajstić information content (AvgIpc) is 2.79. The van der Waals surface area contributed by atoms with Gasteiger partial charge in [0.05, 0.1) is 12.7 Å². The molecule has 110 valence electrons. The first-order chi connectivity index (χ1) is 9.44. The highest BCUT2D eigenvalue weighted by Gasteiger charge is 2.40. The van der Waals surface area contributed by atoms with Crippen LogP contribution in [-0.2, 0) is 15.3 Å². The summed E-state index contributed by atoms with van der Waals surface area (Å²) in [6, 6.07) is 10.1. The molecule has 1 aromatic rings. The Labute approximate surface area is 121 Å². The van der Waals surface area contributed by atoms with Gasteiger partial charge in [-0.05, 0) is 6.92 Å². The first-order valence-electron chi connectivity index (χ1n) is 6.89. The third-order valence-corrected chi connectivity index (χ3v) is 3.32. The Kier molecular flexibility index (Phi) is 4.35. The van der Waals surface area contributed by atoms with Crippen molar-refractivity contribution >= 4 is 0 Å². The molecule has 1 saturated heterocycles. The second-order valence-corrected chi connectivity index (χ2v) is 5.56. The van der Waals surface area contributed by atoms with Gasteiger partial charge in [-0.25, -0.2) is 0 Å². The largest absolute Gasteiger partial charge is 0.365 e. The minimum absolute atomic E-state index is 0.0806. The predicted octanol–water partition coefficient (Wildman–Crippen LogP) is 2.24. The molecular weight excluding hydrogens is 252 g/mol. The van der Waals surface area contributed by atoms with Crippen LogP contribution in [0.25, 0.3) is 0 Å². The van der Waals surface area contributed by atoms with Crippen LogP contribution < -0.4 is 0 Å². The monoisotopic (exact) mass is 276 g/mol. The molecule has 1 aromatic carbocycles. The number of benzene rings is 1. The molecule has 0 N–H and O–H groups in total. The summed E-state index contributed by atoms with van der Waals surface area (Å²) < 4.78 is 12.1. The highest BCUT2D eigenvalue weighted by molar-refractivity contribution is 5.27. The molecule has 0 amide bonds. The summed E-state index contributed by atoms with van der Waals surface area (Å²) in [5.74, 6) is 0.243. The first kappa shape index (κ1) is 14.9. The normalized spacial score (nSPS) is 25.4. The SMILES string of the molecule is CC1COC(C=C(N(C)C)N(C)C)(c2ccccc2)O1. The van der Waals surface area contributed by atoms with E-state index in [1.807, 2.05) is 71.5 Å². The summed E-state index contributed by atoms with van der Waals surface area (Å²) in [6.45, 7) is 2.63. The zero-order valence-corrected chi connectivity index (χ0v) is 13.0. The Bertz CT molecular complexity index is 461. The molecule has 4 nitrogen and oxygen atoms in total. The molecule has 2 atom stereocenters. The van der Waals surface area contributed by atoms with Gasteiger partial charge in [0, 0.05) is 39.8 Å². The van der Waals surface area contributed by atoms with E-state index in [0.717, 1.165) is 11.4 Å². The summed E-state index contributed by atoms with van der Waals surface area (Å²) in [6.07, 6.45) is 2.13. The minimum Gasteiger partial charge on any atom is -0.365 e. The van der Waals surface area contributed by atoms with E-state index in [9.17, 15) is 0 Å². The van der Waals surface area contributed by atoms with Crippen LogP contribution in [-0.4, -0.2) is 50.7 Å².